The summed E-state index contributed by atoms with van der Waals surface area (Å²) in [5.41, 5.74) is 1.45. The van der Waals surface area contributed by atoms with Crippen LogP contribution in [0.2, 0.25) is 0 Å². The molecule has 1 fully saturated rings. The van der Waals surface area contributed by atoms with Gasteiger partial charge in [-0.25, -0.2) is 13.1 Å². The second-order valence-corrected chi connectivity index (χ2v) is 7.41. The zero-order chi connectivity index (χ0) is 14.4. The van der Waals surface area contributed by atoms with Crippen molar-refractivity contribution in [3.63, 3.8) is 0 Å². The maximum atomic E-state index is 10.9. The van der Waals surface area contributed by atoms with Crippen LogP contribution >= 0.6 is 0 Å². The minimum absolute atomic E-state index is 0.470. The molecule has 5 heteroatoms. The summed E-state index contributed by atoms with van der Waals surface area (Å²) in [4.78, 5) is 0. The van der Waals surface area contributed by atoms with Crippen LogP contribution in [-0.2, 0) is 10.0 Å². The van der Waals surface area contributed by atoms with Gasteiger partial charge >= 0.3 is 0 Å². The molecular formula is C15H24N2O2S. The molecule has 1 aromatic carbocycles. The van der Waals surface area contributed by atoms with E-state index in [1.165, 1.54) is 37.5 Å². The number of rotatable bonds is 6. The maximum absolute atomic E-state index is 10.9. The summed E-state index contributed by atoms with van der Waals surface area (Å²) in [6.45, 7) is 1.17. The van der Waals surface area contributed by atoms with Gasteiger partial charge in [0.15, 0.2) is 0 Å². The number of sulfonamides is 1. The molecule has 2 rings (SSSR count). The number of hydrogen-bond acceptors (Lipinski definition) is 3. The van der Waals surface area contributed by atoms with Gasteiger partial charge in [-0.15, -0.1) is 0 Å². The molecule has 1 aromatic rings. The van der Waals surface area contributed by atoms with Crippen molar-refractivity contribution in [3.05, 3.63) is 35.9 Å². The molecule has 0 saturated heterocycles. The standard InChI is InChI=1S/C15H24N2O2S/c1-20(18,19)17-12-11-16-15-9-7-14(8-10-15)13-5-3-2-4-6-13/h2-6,14-17H,7-12H2,1H3. The Bertz CT molecular complexity index is 494. The van der Waals surface area contributed by atoms with Gasteiger partial charge in [-0.3, -0.25) is 0 Å². The summed E-state index contributed by atoms with van der Waals surface area (Å²) < 4.78 is 24.4. The lowest BCUT2D eigenvalue weighted by Crippen LogP contribution is -2.38. The van der Waals surface area contributed by atoms with E-state index < -0.39 is 10.0 Å². The average molecular weight is 296 g/mol. The Kier molecular flexibility index (Phi) is 5.57. The van der Waals surface area contributed by atoms with Gasteiger partial charge in [0.1, 0.15) is 0 Å². The molecular weight excluding hydrogens is 272 g/mol. The maximum Gasteiger partial charge on any atom is 0.208 e. The van der Waals surface area contributed by atoms with Crippen molar-refractivity contribution in [1.82, 2.24) is 10.0 Å². The van der Waals surface area contributed by atoms with Crippen LogP contribution in [0.1, 0.15) is 37.2 Å². The van der Waals surface area contributed by atoms with E-state index in [0.717, 1.165) is 0 Å². The monoisotopic (exact) mass is 296 g/mol. The Morgan fingerprint density at radius 3 is 2.30 bits per heavy atom. The van der Waals surface area contributed by atoms with Crippen molar-refractivity contribution in [2.45, 2.75) is 37.6 Å². The SMILES string of the molecule is CS(=O)(=O)NCCNC1CCC(c2ccccc2)CC1. The van der Waals surface area contributed by atoms with E-state index in [9.17, 15) is 8.42 Å². The predicted molar refractivity (Wildman–Crippen MR) is 82.3 cm³/mol. The first kappa shape index (κ1) is 15.5. The minimum atomic E-state index is -3.06. The van der Waals surface area contributed by atoms with Gasteiger partial charge in [0.2, 0.25) is 10.0 Å². The van der Waals surface area contributed by atoms with Crippen LogP contribution in [0.5, 0.6) is 0 Å². The molecule has 1 saturated carbocycles. The van der Waals surface area contributed by atoms with Gasteiger partial charge in [0.25, 0.3) is 0 Å². The lowest BCUT2D eigenvalue weighted by atomic mass is 9.82. The van der Waals surface area contributed by atoms with Crippen LogP contribution in [0, 0.1) is 0 Å². The van der Waals surface area contributed by atoms with Gasteiger partial charge in [0.05, 0.1) is 6.26 Å². The summed E-state index contributed by atoms with van der Waals surface area (Å²) in [6.07, 6.45) is 5.94. The molecule has 0 unspecified atom stereocenters. The van der Waals surface area contributed by atoms with E-state index in [-0.39, 0.29) is 0 Å². The molecule has 0 radical (unpaired) electrons. The highest BCUT2D eigenvalue weighted by atomic mass is 32.2. The summed E-state index contributed by atoms with van der Waals surface area (Å²) in [5.74, 6) is 0.684. The number of hydrogen-bond donors (Lipinski definition) is 2. The summed E-state index contributed by atoms with van der Waals surface area (Å²) in [7, 11) is -3.06. The highest BCUT2D eigenvalue weighted by molar-refractivity contribution is 7.88. The van der Waals surface area contributed by atoms with Crippen LogP contribution in [0.25, 0.3) is 0 Å². The molecule has 0 spiro atoms. The Morgan fingerprint density at radius 1 is 1.05 bits per heavy atom. The third-order valence-electron chi connectivity index (χ3n) is 3.92. The van der Waals surface area contributed by atoms with Gasteiger partial charge < -0.3 is 5.32 Å². The molecule has 2 N–H and O–H groups in total. The molecule has 0 heterocycles. The summed E-state index contributed by atoms with van der Waals surface area (Å²) in [6, 6.07) is 11.2. The zero-order valence-electron chi connectivity index (χ0n) is 12.0. The van der Waals surface area contributed by atoms with Crippen molar-refractivity contribution in [3.8, 4) is 0 Å². The van der Waals surface area contributed by atoms with Gasteiger partial charge in [-0.05, 0) is 37.2 Å². The van der Waals surface area contributed by atoms with Crippen LogP contribution in [0.15, 0.2) is 30.3 Å². The Labute approximate surface area is 122 Å². The van der Waals surface area contributed by atoms with Crippen molar-refractivity contribution in [1.29, 1.82) is 0 Å². The number of benzene rings is 1. The third kappa shape index (κ3) is 5.23. The number of nitrogens with one attached hydrogen (secondary N) is 2. The lowest BCUT2D eigenvalue weighted by molar-refractivity contribution is 0.344. The Hall–Kier alpha value is -0.910. The topological polar surface area (TPSA) is 58.2 Å². The van der Waals surface area contributed by atoms with Crippen molar-refractivity contribution >= 4 is 10.0 Å². The van der Waals surface area contributed by atoms with Crippen molar-refractivity contribution in [2.24, 2.45) is 0 Å². The Morgan fingerprint density at radius 2 is 1.70 bits per heavy atom. The first-order valence-electron chi connectivity index (χ1n) is 7.27. The normalized spacial score (nSPS) is 23.6. The fourth-order valence-corrected chi connectivity index (χ4v) is 3.34. The second kappa shape index (κ2) is 7.20. The quantitative estimate of drug-likeness (QED) is 0.788. The van der Waals surface area contributed by atoms with Gasteiger partial charge in [-0.2, -0.15) is 0 Å². The molecule has 1 aliphatic carbocycles. The van der Waals surface area contributed by atoms with Gasteiger partial charge in [0, 0.05) is 19.1 Å². The molecule has 20 heavy (non-hydrogen) atoms. The van der Waals surface area contributed by atoms with Crippen molar-refractivity contribution in [2.75, 3.05) is 19.3 Å². The van der Waals surface area contributed by atoms with E-state index in [1.807, 2.05) is 0 Å². The zero-order valence-corrected chi connectivity index (χ0v) is 12.8. The average Bonchev–Trinajstić information content (AvgIpc) is 2.44. The molecule has 0 aromatic heterocycles. The molecule has 112 valence electrons. The highest BCUT2D eigenvalue weighted by Gasteiger charge is 2.21. The van der Waals surface area contributed by atoms with Crippen LogP contribution < -0.4 is 10.0 Å². The summed E-state index contributed by atoms with van der Waals surface area (Å²) >= 11 is 0. The highest BCUT2D eigenvalue weighted by Crippen LogP contribution is 2.32. The first-order valence-corrected chi connectivity index (χ1v) is 9.17. The summed E-state index contributed by atoms with van der Waals surface area (Å²) in [5, 5.41) is 3.44. The molecule has 0 bridgehead atoms. The van der Waals surface area contributed by atoms with Crippen LogP contribution in [0.3, 0.4) is 0 Å². The molecule has 4 nitrogen and oxygen atoms in total. The van der Waals surface area contributed by atoms with Crippen LogP contribution in [0.4, 0.5) is 0 Å². The molecule has 0 aliphatic heterocycles. The van der Waals surface area contributed by atoms with E-state index in [4.69, 9.17) is 0 Å². The molecule has 0 amide bonds. The largest absolute Gasteiger partial charge is 0.313 e. The van der Waals surface area contributed by atoms with E-state index in [2.05, 4.69) is 40.4 Å². The Balaban J connectivity index is 1.67. The minimum Gasteiger partial charge on any atom is -0.313 e. The van der Waals surface area contributed by atoms with E-state index in [0.29, 0.717) is 25.0 Å². The lowest BCUT2D eigenvalue weighted by Gasteiger charge is -2.29. The van der Waals surface area contributed by atoms with E-state index in [1.54, 1.807) is 0 Å². The van der Waals surface area contributed by atoms with Crippen LogP contribution in [-0.4, -0.2) is 33.8 Å². The third-order valence-corrected chi connectivity index (χ3v) is 4.65. The van der Waals surface area contributed by atoms with Gasteiger partial charge in [-0.1, -0.05) is 30.3 Å². The van der Waals surface area contributed by atoms with E-state index >= 15 is 0 Å². The second-order valence-electron chi connectivity index (χ2n) is 5.58. The smallest absolute Gasteiger partial charge is 0.208 e. The fraction of sp³-hybridized carbons (Fsp3) is 0.600. The predicted octanol–water partition coefficient (Wildman–Crippen LogP) is 1.85. The molecule has 1 aliphatic rings. The van der Waals surface area contributed by atoms with Crippen molar-refractivity contribution < 1.29 is 8.42 Å². The fourth-order valence-electron chi connectivity index (χ4n) is 2.87. The first-order chi connectivity index (χ1) is 9.54. The molecule has 0 atom stereocenters.